The van der Waals surface area contributed by atoms with Gasteiger partial charge in [-0.15, -0.1) is 0 Å². The monoisotopic (exact) mass is 263 g/mol. The van der Waals surface area contributed by atoms with Gasteiger partial charge >= 0.3 is 5.97 Å². The van der Waals surface area contributed by atoms with Crippen molar-refractivity contribution >= 4 is 11.8 Å². The van der Waals surface area contributed by atoms with E-state index in [-0.39, 0.29) is 5.97 Å². The molecule has 0 radical (unpaired) electrons. The summed E-state index contributed by atoms with van der Waals surface area (Å²) in [6.07, 6.45) is 3.73. The van der Waals surface area contributed by atoms with Crippen molar-refractivity contribution in [3.8, 4) is 0 Å². The van der Waals surface area contributed by atoms with Crippen molar-refractivity contribution in [2.45, 2.75) is 38.8 Å². The second-order valence-electron chi connectivity index (χ2n) is 4.87. The zero-order valence-electron chi connectivity index (χ0n) is 11.5. The largest absolute Gasteiger partial charge is 0.462 e. The maximum Gasteiger partial charge on any atom is 0.339 e. The molecule has 5 nitrogen and oxygen atoms in total. The minimum Gasteiger partial charge on any atom is -0.462 e. The lowest BCUT2D eigenvalue weighted by Crippen LogP contribution is -2.41. The summed E-state index contributed by atoms with van der Waals surface area (Å²) in [5.74, 6) is 0.490. The van der Waals surface area contributed by atoms with Crippen LogP contribution in [0.25, 0.3) is 0 Å². The SMILES string of the molecule is CCOC(=O)c1ccc(NC2CCNC(C)C2)nc1. The highest BCUT2D eigenvalue weighted by atomic mass is 16.5. The van der Waals surface area contributed by atoms with Crippen LogP contribution in [0.5, 0.6) is 0 Å². The van der Waals surface area contributed by atoms with E-state index < -0.39 is 0 Å². The van der Waals surface area contributed by atoms with Crippen molar-refractivity contribution in [2.24, 2.45) is 0 Å². The van der Waals surface area contributed by atoms with Gasteiger partial charge in [0, 0.05) is 18.3 Å². The van der Waals surface area contributed by atoms with Crippen LogP contribution in [0, 0.1) is 0 Å². The maximum atomic E-state index is 11.5. The fraction of sp³-hybridized carbons (Fsp3) is 0.571. The van der Waals surface area contributed by atoms with E-state index in [9.17, 15) is 4.79 Å². The first-order valence-electron chi connectivity index (χ1n) is 6.82. The highest BCUT2D eigenvalue weighted by Gasteiger charge is 2.18. The van der Waals surface area contributed by atoms with Gasteiger partial charge in [-0.25, -0.2) is 9.78 Å². The molecule has 1 saturated heterocycles. The van der Waals surface area contributed by atoms with E-state index in [2.05, 4.69) is 22.5 Å². The highest BCUT2D eigenvalue weighted by Crippen LogP contribution is 2.14. The summed E-state index contributed by atoms with van der Waals surface area (Å²) in [4.78, 5) is 15.8. The summed E-state index contributed by atoms with van der Waals surface area (Å²) in [6, 6.07) is 4.55. The van der Waals surface area contributed by atoms with Gasteiger partial charge in [0.05, 0.1) is 12.2 Å². The molecule has 2 unspecified atom stereocenters. The Bertz CT molecular complexity index is 419. The molecule has 2 N–H and O–H groups in total. The Hall–Kier alpha value is -1.62. The second kappa shape index (κ2) is 6.52. The average molecular weight is 263 g/mol. The molecule has 1 aliphatic heterocycles. The molecule has 1 aliphatic rings. The molecule has 0 aromatic carbocycles. The number of nitrogens with one attached hydrogen (secondary N) is 2. The number of carbonyl (C=O) groups excluding carboxylic acids is 1. The van der Waals surface area contributed by atoms with Crippen molar-refractivity contribution in [1.82, 2.24) is 10.3 Å². The summed E-state index contributed by atoms with van der Waals surface area (Å²) in [5.41, 5.74) is 0.492. The van der Waals surface area contributed by atoms with E-state index in [0.29, 0.717) is 24.3 Å². The third-order valence-corrected chi connectivity index (χ3v) is 3.25. The molecule has 2 heterocycles. The highest BCUT2D eigenvalue weighted by molar-refractivity contribution is 5.89. The van der Waals surface area contributed by atoms with E-state index in [0.717, 1.165) is 25.2 Å². The summed E-state index contributed by atoms with van der Waals surface area (Å²) in [7, 11) is 0. The second-order valence-corrected chi connectivity index (χ2v) is 4.87. The Morgan fingerprint density at radius 2 is 2.42 bits per heavy atom. The molecule has 1 aromatic rings. The van der Waals surface area contributed by atoms with Gasteiger partial charge in [0.15, 0.2) is 0 Å². The maximum absolute atomic E-state index is 11.5. The van der Waals surface area contributed by atoms with Crippen molar-refractivity contribution in [3.63, 3.8) is 0 Å². The summed E-state index contributed by atoms with van der Waals surface area (Å²) in [6.45, 7) is 5.39. The molecule has 0 spiro atoms. The molecule has 1 fully saturated rings. The molecule has 0 saturated carbocycles. The number of aromatic nitrogens is 1. The Morgan fingerprint density at radius 3 is 3.05 bits per heavy atom. The molecule has 0 amide bonds. The molecule has 19 heavy (non-hydrogen) atoms. The van der Waals surface area contributed by atoms with E-state index in [4.69, 9.17) is 4.74 Å². The van der Waals surface area contributed by atoms with Crippen LogP contribution in [-0.2, 0) is 4.74 Å². The number of esters is 1. The number of rotatable bonds is 4. The molecule has 104 valence electrons. The molecule has 0 bridgehead atoms. The van der Waals surface area contributed by atoms with Gasteiger partial charge in [-0.05, 0) is 45.4 Å². The number of pyridine rings is 1. The molecule has 1 aromatic heterocycles. The first-order chi connectivity index (χ1) is 9.19. The van der Waals surface area contributed by atoms with E-state index in [1.54, 1.807) is 19.2 Å². The van der Waals surface area contributed by atoms with Crippen LogP contribution in [0.15, 0.2) is 18.3 Å². The van der Waals surface area contributed by atoms with Gasteiger partial charge < -0.3 is 15.4 Å². The third kappa shape index (κ3) is 3.92. The topological polar surface area (TPSA) is 63.2 Å². The Kier molecular flexibility index (Phi) is 4.74. The van der Waals surface area contributed by atoms with Gasteiger partial charge in [0.2, 0.25) is 0 Å². The predicted octanol–water partition coefficient (Wildman–Crippen LogP) is 1.81. The molecule has 0 aliphatic carbocycles. The van der Waals surface area contributed by atoms with E-state index in [1.807, 2.05) is 6.07 Å². The smallest absolute Gasteiger partial charge is 0.339 e. The van der Waals surface area contributed by atoms with Crippen LogP contribution in [-0.4, -0.2) is 36.2 Å². The van der Waals surface area contributed by atoms with Gasteiger partial charge in [-0.3, -0.25) is 0 Å². The first kappa shape index (κ1) is 13.8. The van der Waals surface area contributed by atoms with Gasteiger partial charge in [-0.2, -0.15) is 0 Å². The zero-order valence-corrected chi connectivity index (χ0v) is 11.5. The predicted molar refractivity (Wildman–Crippen MR) is 74.3 cm³/mol. The van der Waals surface area contributed by atoms with Crippen molar-refractivity contribution in [3.05, 3.63) is 23.9 Å². The number of hydrogen-bond donors (Lipinski definition) is 2. The number of nitrogens with zero attached hydrogens (tertiary/aromatic N) is 1. The van der Waals surface area contributed by atoms with Crippen LogP contribution in [0.4, 0.5) is 5.82 Å². The van der Waals surface area contributed by atoms with Crippen molar-refractivity contribution < 1.29 is 9.53 Å². The molecular weight excluding hydrogens is 242 g/mol. The van der Waals surface area contributed by atoms with Crippen LogP contribution >= 0.6 is 0 Å². The zero-order chi connectivity index (χ0) is 13.7. The van der Waals surface area contributed by atoms with Gasteiger partial charge in [0.25, 0.3) is 0 Å². The minimum absolute atomic E-state index is 0.322. The quantitative estimate of drug-likeness (QED) is 0.811. The van der Waals surface area contributed by atoms with E-state index in [1.165, 1.54) is 0 Å². The van der Waals surface area contributed by atoms with Crippen LogP contribution < -0.4 is 10.6 Å². The lowest BCUT2D eigenvalue weighted by molar-refractivity contribution is 0.0526. The normalized spacial score (nSPS) is 22.8. The van der Waals surface area contributed by atoms with Gasteiger partial charge in [0.1, 0.15) is 5.82 Å². The fourth-order valence-electron chi connectivity index (χ4n) is 2.29. The summed E-state index contributed by atoms with van der Waals surface area (Å²) in [5, 5.41) is 6.82. The van der Waals surface area contributed by atoms with Gasteiger partial charge in [-0.1, -0.05) is 0 Å². The van der Waals surface area contributed by atoms with Crippen LogP contribution in [0.2, 0.25) is 0 Å². The van der Waals surface area contributed by atoms with E-state index >= 15 is 0 Å². The number of piperidine rings is 1. The lowest BCUT2D eigenvalue weighted by atomic mass is 10.0. The lowest BCUT2D eigenvalue weighted by Gasteiger charge is -2.29. The number of carbonyl (C=O) groups is 1. The van der Waals surface area contributed by atoms with Crippen LogP contribution in [0.1, 0.15) is 37.0 Å². The Morgan fingerprint density at radius 1 is 1.58 bits per heavy atom. The molecule has 2 atom stereocenters. The standard InChI is InChI=1S/C14H21N3O2/c1-3-19-14(18)11-4-5-13(16-9-11)17-12-6-7-15-10(2)8-12/h4-5,9-10,12,15H,3,6-8H2,1-2H3,(H,16,17). The van der Waals surface area contributed by atoms with Crippen molar-refractivity contribution in [2.75, 3.05) is 18.5 Å². The van der Waals surface area contributed by atoms with Crippen LogP contribution in [0.3, 0.4) is 0 Å². The number of ether oxygens (including phenoxy) is 1. The molecular formula is C14H21N3O2. The number of anilines is 1. The molecule has 2 rings (SSSR count). The minimum atomic E-state index is -0.322. The fourth-order valence-corrected chi connectivity index (χ4v) is 2.29. The average Bonchev–Trinajstić information content (AvgIpc) is 2.40. The number of hydrogen-bond acceptors (Lipinski definition) is 5. The Balaban J connectivity index is 1.93. The molecule has 5 heteroatoms. The summed E-state index contributed by atoms with van der Waals surface area (Å²) < 4.78 is 4.92. The van der Waals surface area contributed by atoms with Crippen molar-refractivity contribution in [1.29, 1.82) is 0 Å². The Labute approximate surface area is 113 Å². The first-order valence-corrected chi connectivity index (χ1v) is 6.82. The summed E-state index contributed by atoms with van der Waals surface area (Å²) >= 11 is 0. The third-order valence-electron chi connectivity index (χ3n) is 3.25.